The molecule has 8 nitrogen and oxygen atoms in total. The first-order chi connectivity index (χ1) is 13.3. The van der Waals surface area contributed by atoms with E-state index in [1.165, 1.54) is 16.6 Å². The van der Waals surface area contributed by atoms with Gasteiger partial charge in [-0.1, -0.05) is 30.5 Å². The number of nitrogen functional groups attached to an aromatic ring is 1. The largest absolute Gasteiger partial charge is 0.383 e. The van der Waals surface area contributed by atoms with E-state index in [1.54, 1.807) is 12.1 Å². The number of hydrogen-bond donors (Lipinski definition) is 2. The maximum absolute atomic E-state index is 13.2. The SMILES string of the molecule is CCCCn1c(N)c(N(CCOC)C(=O)c2cc(C)cc(C)c2)c(=O)[nH]c1=O. The first kappa shape index (κ1) is 21.4. The van der Waals surface area contributed by atoms with Gasteiger partial charge in [0.05, 0.1) is 6.61 Å². The van der Waals surface area contributed by atoms with Crippen molar-refractivity contribution in [2.45, 2.75) is 40.2 Å². The average Bonchev–Trinajstić information content (AvgIpc) is 2.62. The number of aromatic nitrogens is 2. The van der Waals surface area contributed by atoms with Crippen LogP contribution in [-0.2, 0) is 11.3 Å². The quantitative estimate of drug-likeness (QED) is 0.717. The lowest BCUT2D eigenvalue weighted by molar-refractivity contribution is 0.0975. The highest BCUT2D eigenvalue weighted by Crippen LogP contribution is 2.21. The summed E-state index contributed by atoms with van der Waals surface area (Å²) in [6, 6.07) is 5.47. The van der Waals surface area contributed by atoms with Crippen LogP contribution < -0.4 is 21.9 Å². The molecule has 0 saturated heterocycles. The Morgan fingerprint density at radius 2 is 1.86 bits per heavy atom. The van der Waals surface area contributed by atoms with Crippen molar-refractivity contribution in [2.24, 2.45) is 0 Å². The van der Waals surface area contributed by atoms with Gasteiger partial charge in [-0.3, -0.25) is 24.0 Å². The number of aromatic amines is 1. The third-order valence-corrected chi connectivity index (χ3v) is 4.45. The zero-order valence-corrected chi connectivity index (χ0v) is 16.9. The molecular weight excluding hydrogens is 360 g/mol. The Morgan fingerprint density at radius 1 is 1.21 bits per heavy atom. The third-order valence-electron chi connectivity index (χ3n) is 4.45. The topological polar surface area (TPSA) is 110 Å². The summed E-state index contributed by atoms with van der Waals surface area (Å²) < 4.78 is 6.41. The van der Waals surface area contributed by atoms with Crippen molar-refractivity contribution >= 4 is 17.4 Å². The summed E-state index contributed by atoms with van der Waals surface area (Å²) in [5.74, 6) is -0.391. The second-order valence-corrected chi connectivity index (χ2v) is 6.82. The standard InChI is InChI=1S/C20H28N4O4/c1-5-6-7-24-17(21)16(18(25)22-20(24)27)23(8-9-28-4)19(26)15-11-13(2)10-14(3)12-15/h10-12H,5-9,21H2,1-4H3,(H,22,25,27). The molecule has 1 aromatic carbocycles. The maximum atomic E-state index is 13.2. The van der Waals surface area contributed by atoms with Crippen LogP contribution >= 0.6 is 0 Å². The van der Waals surface area contributed by atoms with E-state index in [0.29, 0.717) is 12.1 Å². The molecule has 0 bridgehead atoms. The number of nitrogens with one attached hydrogen (secondary N) is 1. The van der Waals surface area contributed by atoms with Gasteiger partial charge in [-0.15, -0.1) is 0 Å². The van der Waals surface area contributed by atoms with Crippen molar-refractivity contribution in [3.8, 4) is 0 Å². The minimum atomic E-state index is -0.691. The molecule has 0 radical (unpaired) electrons. The Morgan fingerprint density at radius 3 is 2.43 bits per heavy atom. The molecule has 0 atom stereocenters. The Kier molecular flexibility index (Phi) is 7.17. The molecule has 0 aliphatic heterocycles. The van der Waals surface area contributed by atoms with E-state index < -0.39 is 11.2 Å². The second-order valence-electron chi connectivity index (χ2n) is 6.82. The Hall–Kier alpha value is -2.87. The zero-order chi connectivity index (χ0) is 20.8. The van der Waals surface area contributed by atoms with Crippen molar-refractivity contribution in [1.29, 1.82) is 0 Å². The highest BCUT2D eigenvalue weighted by molar-refractivity contribution is 6.07. The molecule has 2 aromatic rings. The van der Waals surface area contributed by atoms with Gasteiger partial charge in [-0.25, -0.2) is 4.79 Å². The Bertz CT molecular complexity index is 941. The number of methoxy groups -OCH3 is 1. The first-order valence-corrected chi connectivity index (χ1v) is 9.31. The van der Waals surface area contributed by atoms with E-state index in [2.05, 4.69) is 4.98 Å². The predicted octanol–water partition coefficient (Wildman–Crippen LogP) is 1.83. The molecule has 0 aliphatic carbocycles. The minimum Gasteiger partial charge on any atom is -0.383 e. The Labute approximate surface area is 163 Å². The molecule has 0 spiro atoms. The molecule has 28 heavy (non-hydrogen) atoms. The summed E-state index contributed by atoms with van der Waals surface area (Å²) in [6.07, 6.45) is 1.58. The van der Waals surface area contributed by atoms with Crippen LogP contribution in [-0.4, -0.2) is 35.7 Å². The summed E-state index contributed by atoms with van der Waals surface area (Å²) >= 11 is 0. The summed E-state index contributed by atoms with van der Waals surface area (Å²) in [5.41, 5.74) is 7.20. The van der Waals surface area contributed by atoms with Crippen LogP contribution in [0.5, 0.6) is 0 Å². The lowest BCUT2D eigenvalue weighted by atomic mass is 10.1. The molecule has 0 saturated carbocycles. The van der Waals surface area contributed by atoms with E-state index in [4.69, 9.17) is 10.5 Å². The van der Waals surface area contributed by atoms with E-state index >= 15 is 0 Å². The number of amides is 1. The normalized spacial score (nSPS) is 10.9. The molecule has 1 aromatic heterocycles. The van der Waals surface area contributed by atoms with E-state index in [1.807, 2.05) is 26.8 Å². The molecule has 8 heteroatoms. The van der Waals surface area contributed by atoms with Crippen molar-refractivity contribution < 1.29 is 9.53 Å². The van der Waals surface area contributed by atoms with Gasteiger partial charge in [0, 0.05) is 25.8 Å². The number of ether oxygens (including phenoxy) is 1. The van der Waals surface area contributed by atoms with E-state index in [-0.39, 0.29) is 30.6 Å². The fraction of sp³-hybridized carbons (Fsp3) is 0.450. The molecule has 152 valence electrons. The first-order valence-electron chi connectivity index (χ1n) is 9.31. The number of unbranched alkanes of at least 4 members (excludes halogenated alkanes) is 1. The number of rotatable bonds is 8. The fourth-order valence-electron chi connectivity index (χ4n) is 3.13. The third kappa shape index (κ3) is 4.69. The number of H-pyrrole nitrogens is 1. The van der Waals surface area contributed by atoms with E-state index in [9.17, 15) is 14.4 Å². The molecule has 1 amide bonds. The number of carbonyl (C=O) groups is 1. The number of hydrogen-bond acceptors (Lipinski definition) is 5. The second kappa shape index (κ2) is 9.36. The van der Waals surface area contributed by atoms with Gasteiger partial charge in [0.1, 0.15) is 5.82 Å². The number of aryl methyl sites for hydroxylation is 2. The van der Waals surface area contributed by atoms with Gasteiger partial charge in [-0.2, -0.15) is 0 Å². The van der Waals surface area contributed by atoms with Crippen LogP contribution in [0.3, 0.4) is 0 Å². The van der Waals surface area contributed by atoms with Crippen molar-refractivity contribution in [3.63, 3.8) is 0 Å². The van der Waals surface area contributed by atoms with Gasteiger partial charge in [-0.05, 0) is 32.4 Å². The molecule has 0 unspecified atom stereocenters. The van der Waals surface area contributed by atoms with Gasteiger partial charge in [0.15, 0.2) is 5.69 Å². The van der Waals surface area contributed by atoms with Crippen LogP contribution in [0.25, 0.3) is 0 Å². The number of carbonyl (C=O) groups excluding carboxylic acids is 1. The molecule has 0 aliphatic rings. The summed E-state index contributed by atoms with van der Waals surface area (Å²) in [4.78, 5) is 41.6. The monoisotopic (exact) mass is 388 g/mol. The van der Waals surface area contributed by atoms with Crippen LogP contribution in [0.2, 0.25) is 0 Å². The molecule has 1 heterocycles. The van der Waals surface area contributed by atoms with Crippen LogP contribution in [0.1, 0.15) is 41.3 Å². The van der Waals surface area contributed by atoms with Gasteiger partial charge >= 0.3 is 5.69 Å². The summed E-state index contributed by atoms with van der Waals surface area (Å²) in [7, 11) is 1.51. The highest BCUT2D eigenvalue weighted by Gasteiger charge is 2.25. The minimum absolute atomic E-state index is 0.0176. The van der Waals surface area contributed by atoms with Gasteiger partial charge in [0.25, 0.3) is 11.5 Å². The van der Waals surface area contributed by atoms with Gasteiger partial charge < -0.3 is 10.5 Å². The smallest absolute Gasteiger partial charge is 0.330 e. The van der Waals surface area contributed by atoms with Crippen LogP contribution in [0.4, 0.5) is 11.5 Å². The maximum Gasteiger partial charge on any atom is 0.330 e. The predicted molar refractivity (Wildman–Crippen MR) is 110 cm³/mol. The molecule has 3 N–H and O–H groups in total. The zero-order valence-electron chi connectivity index (χ0n) is 16.9. The Balaban J connectivity index is 2.60. The highest BCUT2D eigenvalue weighted by atomic mass is 16.5. The van der Waals surface area contributed by atoms with E-state index in [0.717, 1.165) is 24.0 Å². The molecule has 0 fully saturated rings. The van der Waals surface area contributed by atoms with Crippen molar-refractivity contribution in [1.82, 2.24) is 9.55 Å². The summed E-state index contributed by atoms with van der Waals surface area (Å²) in [6.45, 7) is 6.49. The lowest BCUT2D eigenvalue weighted by Crippen LogP contribution is -2.42. The average molecular weight is 388 g/mol. The fourth-order valence-corrected chi connectivity index (χ4v) is 3.13. The number of nitrogens with zero attached hydrogens (tertiary/aromatic N) is 2. The summed E-state index contributed by atoms with van der Waals surface area (Å²) in [5, 5.41) is 0. The molecule has 2 rings (SSSR count). The van der Waals surface area contributed by atoms with Crippen LogP contribution in [0.15, 0.2) is 27.8 Å². The van der Waals surface area contributed by atoms with Crippen molar-refractivity contribution in [2.75, 3.05) is 30.9 Å². The van der Waals surface area contributed by atoms with Crippen LogP contribution in [0, 0.1) is 13.8 Å². The lowest BCUT2D eigenvalue weighted by Gasteiger charge is -2.24. The number of nitrogens with two attached hydrogens (primary N) is 1. The van der Waals surface area contributed by atoms with Crippen molar-refractivity contribution in [3.05, 3.63) is 55.7 Å². The number of anilines is 2. The number of benzene rings is 1. The molecular formula is C20H28N4O4. The van der Waals surface area contributed by atoms with Gasteiger partial charge in [0.2, 0.25) is 0 Å².